The molecule has 2 amide bonds. The number of hydrogen-bond acceptors (Lipinski definition) is 4. The number of hydrogen-bond donors (Lipinski definition) is 1. The molecule has 2 heterocycles. The van der Waals surface area contributed by atoms with Crippen LogP contribution < -0.4 is 10.6 Å². The smallest absolute Gasteiger partial charge is 0.228 e. The van der Waals surface area contributed by atoms with Gasteiger partial charge in [-0.1, -0.05) is 6.07 Å². The molecule has 0 aromatic heterocycles. The van der Waals surface area contributed by atoms with E-state index in [4.69, 9.17) is 5.73 Å². The predicted octanol–water partition coefficient (Wildman–Crippen LogP) is 2.49. The first-order valence-corrected chi connectivity index (χ1v) is 10.2. The lowest BCUT2D eigenvalue weighted by Gasteiger charge is -2.39. The Balaban J connectivity index is 1.74. The van der Waals surface area contributed by atoms with Gasteiger partial charge in [-0.2, -0.15) is 0 Å². The van der Waals surface area contributed by atoms with Crippen molar-refractivity contribution in [2.75, 3.05) is 24.2 Å². The minimum Gasteiger partial charge on any atom is -0.338 e. The first-order chi connectivity index (χ1) is 12.0. The van der Waals surface area contributed by atoms with Crippen LogP contribution in [0.2, 0.25) is 0 Å². The molecule has 1 aromatic rings. The molecule has 3 rings (SSSR count). The van der Waals surface area contributed by atoms with Gasteiger partial charge in [0.25, 0.3) is 0 Å². The molecule has 0 aliphatic carbocycles. The second-order valence-electron chi connectivity index (χ2n) is 7.06. The highest BCUT2D eigenvalue weighted by Crippen LogP contribution is 2.30. The molecule has 3 atom stereocenters. The molecule has 5 nitrogen and oxygen atoms in total. The van der Waals surface area contributed by atoms with E-state index in [1.54, 1.807) is 16.7 Å². The summed E-state index contributed by atoms with van der Waals surface area (Å²) >= 11 is 1.65. The Morgan fingerprint density at radius 1 is 1.36 bits per heavy atom. The van der Waals surface area contributed by atoms with Crippen molar-refractivity contribution in [1.29, 1.82) is 0 Å². The summed E-state index contributed by atoms with van der Waals surface area (Å²) in [6, 6.07) is 8.01. The molecule has 25 heavy (non-hydrogen) atoms. The Morgan fingerprint density at radius 3 is 2.88 bits per heavy atom. The van der Waals surface area contributed by atoms with E-state index in [0.29, 0.717) is 13.0 Å². The molecular weight excluding hydrogens is 334 g/mol. The van der Waals surface area contributed by atoms with Crippen molar-refractivity contribution in [1.82, 2.24) is 4.90 Å². The number of likely N-dealkylation sites (tertiary alicyclic amines) is 1. The van der Waals surface area contributed by atoms with Crippen LogP contribution in [0.5, 0.6) is 0 Å². The molecule has 136 valence electrons. The van der Waals surface area contributed by atoms with Gasteiger partial charge in [-0.05, 0) is 50.6 Å². The highest BCUT2D eigenvalue weighted by atomic mass is 32.2. The quantitative estimate of drug-likeness (QED) is 0.837. The fourth-order valence-corrected chi connectivity index (χ4v) is 4.37. The van der Waals surface area contributed by atoms with Gasteiger partial charge in [0.15, 0.2) is 0 Å². The Hall–Kier alpha value is -1.53. The Morgan fingerprint density at radius 2 is 2.16 bits per heavy atom. The number of piperidine rings is 1. The molecule has 2 saturated heterocycles. The van der Waals surface area contributed by atoms with E-state index < -0.39 is 0 Å². The van der Waals surface area contributed by atoms with Crippen LogP contribution in [0.15, 0.2) is 29.2 Å². The highest BCUT2D eigenvalue weighted by molar-refractivity contribution is 7.98. The largest absolute Gasteiger partial charge is 0.338 e. The van der Waals surface area contributed by atoms with E-state index in [9.17, 15) is 9.59 Å². The summed E-state index contributed by atoms with van der Waals surface area (Å²) in [6.07, 6.45) is 5.41. The SMILES string of the molecule is CSc1cccc(N2CC(C(=O)N3CCCCC3C(C)N)CC2=O)c1. The van der Waals surface area contributed by atoms with Crippen molar-refractivity contribution < 1.29 is 9.59 Å². The number of nitrogens with zero attached hydrogens (tertiary/aromatic N) is 2. The van der Waals surface area contributed by atoms with E-state index in [-0.39, 0.29) is 29.8 Å². The minimum absolute atomic E-state index is 0.0317. The monoisotopic (exact) mass is 361 g/mol. The van der Waals surface area contributed by atoms with Gasteiger partial charge in [0.05, 0.1) is 5.92 Å². The van der Waals surface area contributed by atoms with Crippen LogP contribution in [0, 0.1) is 5.92 Å². The zero-order valence-electron chi connectivity index (χ0n) is 15.0. The van der Waals surface area contributed by atoms with E-state index in [2.05, 4.69) is 0 Å². The van der Waals surface area contributed by atoms with E-state index in [1.807, 2.05) is 42.3 Å². The number of benzene rings is 1. The number of carbonyl (C=O) groups is 2. The maximum Gasteiger partial charge on any atom is 0.228 e. The van der Waals surface area contributed by atoms with Crippen molar-refractivity contribution in [3.05, 3.63) is 24.3 Å². The van der Waals surface area contributed by atoms with E-state index in [1.165, 1.54) is 0 Å². The molecule has 6 heteroatoms. The Bertz CT molecular complexity index is 649. The summed E-state index contributed by atoms with van der Waals surface area (Å²) in [5.74, 6) is -0.130. The molecule has 0 saturated carbocycles. The summed E-state index contributed by atoms with van der Waals surface area (Å²) < 4.78 is 0. The first kappa shape index (κ1) is 18.3. The molecule has 0 radical (unpaired) electrons. The predicted molar refractivity (Wildman–Crippen MR) is 102 cm³/mol. The summed E-state index contributed by atoms with van der Waals surface area (Å²) in [4.78, 5) is 30.4. The molecule has 0 spiro atoms. The normalized spacial score (nSPS) is 25.3. The van der Waals surface area contributed by atoms with Crippen molar-refractivity contribution in [3.8, 4) is 0 Å². The second kappa shape index (κ2) is 7.79. The van der Waals surface area contributed by atoms with Crippen LogP contribution >= 0.6 is 11.8 Å². The average molecular weight is 362 g/mol. The topological polar surface area (TPSA) is 66.6 Å². The molecular formula is C19H27N3O2S. The minimum atomic E-state index is -0.259. The van der Waals surface area contributed by atoms with Crippen LogP contribution in [-0.4, -0.2) is 48.1 Å². The van der Waals surface area contributed by atoms with Crippen molar-refractivity contribution in [2.24, 2.45) is 11.7 Å². The van der Waals surface area contributed by atoms with Crippen LogP contribution in [0.1, 0.15) is 32.6 Å². The van der Waals surface area contributed by atoms with Gasteiger partial charge in [-0.3, -0.25) is 9.59 Å². The summed E-state index contributed by atoms with van der Waals surface area (Å²) in [7, 11) is 0. The van der Waals surface area contributed by atoms with Crippen LogP contribution in [0.4, 0.5) is 5.69 Å². The van der Waals surface area contributed by atoms with Crippen LogP contribution in [-0.2, 0) is 9.59 Å². The van der Waals surface area contributed by atoms with Gasteiger partial charge in [0, 0.05) is 42.2 Å². The second-order valence-corrected chi connectivity index (χ2v) is 7.94. The van der Waals surface area contributed by atoms with Gasteiger partial charge >= 0.3 is 0 Å². The van der Waals surface area contributed by atoms with Crippen LogP contribution in [0.25, 0.3) is 0 Å². The zero-order chi connectivity index (χ0) is 18.0. The number of thioether (sulfide) groups is 1. The van der Waals surface area contributed by atoms with Crippen molar-refractivity contribution in [2.45, 2.75) is 49.6 Å². The van der Waals surface area contributed by atoms with Crippen LogP contribution in [0.3, 0.4) is 0 Å². The fraction of sp³-hybridized carbons (Fsp3) is 0.579. The third kappa shape index (κ3) is 3.85. The lowest BCUT2D eigenvalue weighted by atomic mass is 9.94. The number of amides is 2. The molecule has 3 unspecified atom stereocenters. The van der Waals surface area contributed by atoms with E-state index in [0.717, 1.165) is 36.4 Å². The molecule has 2 N–H and O–H groups in total. The van der Waals surface area contributed by atoms with Crippen molar-refractivity contribution in [3.63, 3.8) is 0 Å². The maximum atomic E-state index is 13.0. The maximum absolute atomic E-state index is 13.0. The number of rotatable bonds is 4. The third-order valence-corrected chi connectivity index (χ3v) is 6.00. The van der Waals surface area contributed by atoms with Gasteiger partial charge in [-0.15, -0.1) is 11.8 Å². The van der Waals surface area contributed by atoms with Gasteiger partial charge in [0.2, 0.25) is 11.8 Å². The first-order valence-electron chi connectivity index (χ1n) is 9.01. The molecule has 0 bridgehead atoms. The fourth-order valence-electron chi connectivity index (χ4n) is 3.91. The number of carbonyl (C=O) groups excluding carboxylic acids is 2. The summed E-state index contributed by atoms with van der Waals surface area (Å²) in [6.45, 7) is 3.20. The molecule has 2 aliphatic heterocycles. The van der Waals surface area contributed by atoms with Gasteiger partial charge in [-0.25, -0.2) is 0 Å². The summed E-state index contributed by atoms with van der Waals surface area (Å²) in [5.41, 5.74) is 6.98. The molecule has 2 aliphatic rings. The molecule has 1 aromatic carbocycles. The summed E-state index contributed by atoms with van der Waals surface area (Å²) in [5, 5.41) is 0. The lowest BCUT2D eigenvalue weighted by Crippen LogP contribution is -2.53. The molecule has 2 fully saturated rings. The van der Waals surface area contributed by atoms with Gasteiger partial charge in [0.1, 0.15) is 0 Å². The Kier molecular flexibility index (Phi) is 5.69. The van der Waals surface area contributed by atoms with Gasteiger partial charge < -0.3 is 15.5 Å². The third-order valence-electron chi connectivity index (χ3n) is 5.28. The average Bonchev–Trinajstić information content (AvgIpc) is 3.02. The standard InChI is InChI=1S/C19H27N3O2S/c1-13(20)17-8-3-4-9-21(17)19(24)14-10-18(23)22(12-14)15-6-5-7-16(11-15)25-2/h5-7,11,13-14,17H,3-4,8-10,12,20H2,1-2H3. The van der Waals surface area contributed by atoms with E-state index >= 15 is 0 Å². The number of anilines is 1. The zero-order valence-corrected chi connectivity index (χ0v) is 15.8. The Labute approximate surface area is 153 Å². The lowest BCUT2D eigenvalue weighted by molar-refractivity contribution is -0.139. The van der Waals surface area contributed by atoms with Crippen molar-refractivity contribution >= 4 is 29.3 Å². The number of nitrogens with two attached hydrogens (primary N) is 1. The highest BCUT2D eigenvalue weighted by Gasteiger charge is 2.40.